The number of rotatable bonds is 0. The molecule has 0 saturated carbocycles. The second-order valence-electron chi connectivity index (χ2n) is 3.10. The normalized spacial score (nSPS) is 18.9. The molecule has 0 fully saturated rings. The zero-order chi connectivity index (χ0) is 9.31. The van der Waals surface area contributed by atoms with E-state index in [4.69, 9.17) is 0 Å². The van der Waals surface area contributed by atoms with Gasteiger partial charge in [0.25, 0.3) is 0 Å². The molecule has 1 aliphatic heterocycles. The molecule has 0 unspecified atom stereocenters. The van der Waals surface area contributed by atoms with Crippen LogP contribution in [0.5, 0.6) is 0 Å². The van der Waals surface area contributed by atoms with Crippen molar-refractivity contribution in [2.75, 3.05) is 12.3 Å². The maximum Gasteiger partial charge on any atom is 0.179 e. The van der Waals surface area contributed by atoms with Crippen molar-refractivity contribution >= 4 is 22.2 Å². The Hall–Kier alpha value is -0.580. The van der Waals surface area contributed by atoms with Crippen molar-refractivity contribution in [1.82, 2.24) is 5.32 Å². The summed E-state index contributed by atoms with van der Waals surface area (Å²) in [6, 6.07) is 7.16. The Balaban J connectivity index is 0.000000980. The van der Waals surface area contributed by atoms with Crippen LogP contribution in [0, 0.1) is 0 Å². The lowest BCUT2D eigenvalue weighted by molar-refractivity contribution is 0.595. The zero-order valence-corrected chi connectivity index (χ0v) is 9.20. The first-order valence-electron chi connectivity index (χ1n) is 4.21. The quantitative estimate of drug-likeness (QED) is 0.727. The summed E-state index contributed by atoms with van der Waals surface area (Å²) < 4.78 is 23.3. The molecule has 78 valence electrons. The SMILES string of the molecule is Cl.O=S1(=O)CCNCc2ccccc21. The van der Waals surface area contributed by atoms with Crippen molar-refractivity contribution in [1.29, 1.82) is 0 Å². The van der Waals surface area contributed by atoms with Crippen LogP contribution in [-0.2, 0) is 16.4 Å². The van der Waals surface area contributed by atoms with E-state index < -0.39 is 9.84 Å². The van der Waals surface area contributed by atoms with Crippen molar-refractivity contribution in [2.45, 2.75) is 11.4 Å². The Morgan fingerprint density at radius 1 is 1.21 bits per heavy atom. The third-order valence-electron chi connectivity index (χ3n) is 2.17. The van der Waals surface area contributed by atoms with Gasteiger partial charge in [0, 0.05) is 13.1 Å². The summed E-state index contributed by atoms with van der Waals surface area (Å²) in [6.07, 6.45) is 0. The minimum atomic E-state index is -3.04. The van der Waals surface area contributed by atoms with Crippen molar-refractivity contribution in [3.63, 3.8) is 0 Å². The van der Waals surface area contributed by atoms with Gasteiger partial charge in [-0.05, 0) is 11.6 Å². The highest BCUT2D eigenvalue weighted by Crippen LogP contribution is 2.18. The zero-order valence-electron chi connectivity index (χ0n) is 7.56. The number of halogens is 1. The summed E-state index contributed by atoms with van der Waals surface area (Å²) in [6.45, 7) is 1.19. The lowest BCUT2D eigenvalue weighted by atomic mass is 10.2. The molecule has 1 aromatic rings. The predicted molar refractivity (Wildman–Crippen MR) is 57.4 cm³/mol. The molecule has 14 heavy (non-hydrogen) atoms. The monoisotopic (exact) mass is 233 g/mol. The van der Waals surface area contributed by atoms with Crippen molar-refractivity contribution in [3.8, 4) is 0 Å². The highest BCUT2D eigenvalue weighted by atomic mass is 35.5. The maximum atomic E-state index is 11.7. The highest BCUT2D eigenvalue weighted by molar-refractivity contribution is 7.91. The first kappa shape index (κ1) is 11.5. The van der Waals surface area contributed by atoms with Crippen LogP contribution in [0.4, 0.5) is 0 Å². The molecule has 0 spiro atoms. The standard InChI is InChI=1S/C9H11NO2S.ClH/c11-13(12)6-5-10-7-8-3-1-2-4-9(8)13;/h1-4,10H,5-7H2;1H. The van der Waals surface area contributed by atoms with Crippen LogP contribution < -0.4 is 5.32 Å². The third kappa shape index (κ3) is 2.08. The lowest BCUT2D eigenvalue weighted by Gasteiger charge is -2.03. The van der Waals surface area contributed by atoms with Crippen LogP contribution in [0.15, 0.2) is 29.2 Å². The fraction of sp³-hybridized carbons (Fsp3) is 0.333. The number of hydrogen-bond acceptors (Lipinski definition) is 3. The van der Waals surface area contributed by atoms with E-state index in [-0.39, 0.29) is 18.2 Å². The first-order valence-corrected chi connectivity index (χ1v) is 5.87. The van der Waals surface area contributed by atoms with Crippen LogP contribution in [-0.4, -0.2) is 20.7 Å². The molecular weight excluding hydrogens is 222 g/mol. The van der Waals surface area contributed by atoms with Gasteiger partial charge in [-0.2, -0.15) is 0 Å². The van der Waals surface area contributed by atoms with Gasteiger partial charge in [-0.1, -0.05) is 18.2 Å². The molecule has 0 radical (unpaired) electrons. The molecule has 3 nitrogen and oxygen atoms in total. The number of sulfone groups is 1. The number of benzene rings is 1. The number of fused-ring (bicyclic) bond motifs is 1. The molecule has 1 aromatic carbocycles. The van der Waals surface area contributed by atoms with Gasteiger partial charge in [0.1, 0.15) is 0 Å². The molecule has 0 atom stereocenters. The van der Waals surface area contributed by atoms with Gasteiger partial charge in [-0.3, -0.25) is 0 Å². The van der Waals surface area contributed by atoms with Gasteiger partial charge in [0.2, 0.25) is 0 Å². The first-order chi connectivity index (χ1) is 6.20. The van der Waals surface area contributed by atoms with Gasteiger partial charge >= 0.3 is 0 Å². The second kappa shape index (κ2) is 4.29. The molecule has 5 heteroatoms. The van der Waals surface area contributed by atoms with Crippen LogP contribution in [0.3, 0.4) is 0 Å². The van der Waals surface area contributed by atoms with Crippen molar-refractivity contribution < 1.29 is 8.42 Å². The van der Waals surface area contributed by atoms with Gasteiger partial charge in [0.05, 0.1) is 10.6 Å². The van der Waals surface area contributed by atoms with E-state index in [1.54, 1.807) is 12.1 Å². The van der Waals surface area contributed by atoms with Gasteiger partial charge < -0.3 is 5.32 Å². The lowest BCUT2D eigenvalue weighted by Crippen LogP contribution is -2.17. The minimum Gasteiger partial charge on any atom is -0.312 e. The summed E-state index contributed by atoms with van der Waals surface area (Å²) in [5, 5.41) is 3.08. The molecule has 1 aliphatic rings. The average molecular weight is 234 g/mol. The smallest absolute Gasteiger partial charge is 0.179 e. The van der Waals surface area contributed by atoms with E-state index in [2.05, 4.69) is 5.32 Å². The number of hydrogen-bond donors (Lipinski definition) is 1. The van der Waals surface area contributed by atoms with Crippen molar-refractivity contribution in [3.05, 3.63) is 29.8 Å². The molecular formula is C9H12ClNO2S. The highest BCUT2D eigenvalue weighted by Gasteiger charge is 2.20. The maximum absolute atomic E-state index is 11.7. The van der Waals surface area contributed by atoms with Gasteiger partial charge in [-0.25, -0.2) is 8.42 Å². The molecule has 0 amide bonds. The molecule has 0 aromatic heterocycles. The Kier molecular flexibility index (Phi) is 3.53. The fourth-order valence-electron chi connectivity index (χ4n) is 1.49. The molecule has 2 rings (SSSR count). The summed E-state index contributed by atoms with van der Waals surface area (Å²) >= 11 is 0. The van der Waals surface area contributed by atoms with E-state index in [1.165, 1.54) is 0 Å². The van der Waals surface area contributed by atoms with Crippen LogP contribution >= 0.6 is 12.4 Å². The Morgan fingerprint density at radius 3 is 2.71 bits per heavy atom. The molecule has 1 heterocycles. The Morgan fingerprint density at radius 2 is 1.93 bits per heavy atom. The summed E-state index contributed by atoms with van der Waals surface area (Å²) in [5.41, 5.74) is 0.875. The molecule has 0 saturated heterocycles. The summed E-state index contributed by atoms with van der Waals surface area (Å²) in [7, 11) is -3.04. The van der Waals surface area contributed by atoms with E-state index in [0.717, 1.165) is 5.56 Å². The predicted octanol–water partition coefficient (Wildman–Crippen LogP) is 0.985. The Bertz CT molecular complexity index is 417. The van der Waals surface area contributed by atoms with Crippen molar-refractivity contribution in [2.24, 2.45) is 0 Å². The third-order valence-corrected chi connectivity index (χ3v) is 3.98. The largest absolute Gasteiger partial charge is 0.312 e. The van der Waals surface area contributed by atoms with E-state index in [9.17, 15) is 8.42 Å². The van der Waals surface area contributed by atoms with Crippen LogP contribution in [0.1, 0.15) is 5.56 Å². The minimum absolute atomic E-state index is 0. The van der Waals surface area contributed by atoms with E-state index in [1.807, 2.05) is 12.1 Å². The van der Waals surface area contributed by atoms with Crippen LogP contribution in [0.25, 0.3) is 0 Å². The molecule has 1 N–H and O–H groups in total. The van der Waals surface area contributed by atoms with Gasteiger partial charge in [0.15, 0.2) is 9.84 Å². The fourth-order valence-corrected chi connectivity index (χ4v) is 2.95. The molecule has 0 aliphatic carbocycles. The van der Waals surface area contributed by atoms with Crippen LogP contribution in [0.2, 0.25) is 0 Å². The summed E-state index contributed by atoms with van der Waals surface area (Å²) in [5.74, 6) is 0.198. The van der Waals surface area contributed by atoms with E-state index in [0.29, 0.717) is 18.0 Å². The van der Waals surface area contributed by atoms with Gasteiger partial charge in [-0.15, -0.1) is 12.4 Å². The molecule has 0 bridgehead atoms. The Labute approximate surface area is 89.8 Å². The second-order valence-corrected chi connectivity index (χ2v) is 5.18. The topological polar surface area (TPSA) is 46.2 Å². The summed E-state index contributed by atoms with van der Waals surface area (Å²) in [4.78, 5) is 0.486. The number of nitrogens with one attached hydrogen (secondary N) is 1. The average Bonchev–Trinajstić information content (AvgIpc) is 2.26. The van der Waals surface area contributed by atoms with E-state index >= 15 is 0 Å².